The van der Waals surface area contributed by atoms with Crippen LogP contribution in [0, 0.1) is 5.92 Å². The van der Waals surface area contributed by atoms with E-state index in [0.29, 0.717) is 18.5 Å². The van der Waals surface area contributed by atoms with Crippen LogP contribution in [0.3, 0.4) is 0 Å². The number of carbonyl (C=O) groups excluding carboxylic acids is 7. The molecule has 2 aliphatic rings. The zero-order chi connectivity index (χ0) is 43.3. The van der Waals surface area contributed by atoms with Gasteiger partial charge in [-0.1, -0.05) is 13.8 Å². The van der Waals surface area contributed by atoms with Crippen LogP contribution >= 0.6 is 0 Å². The number of hydrogen-bond acceptors (Lipinski definition) is 14. The first-order chi connectivity index (χ1) is 27.4. The van der Waals surface area contributed by atoms with Gasteiger partial charge in [0.2, 0.25) is 41.4 Å². The molecule has 1 aromatic heterocycles. The van der Waals surface area contributed by atoms with Gasteiger partial charge in [-0.3, -0.25) is 33.6 Å². The lowest BCUT2D eigenvalue weighted by molar-refractivity contribution is -0.148. The van der Waals surface area contributed by atoms with Crippen LogP contribution in [0.25, 0.3) is 0 Å². The largest absolute Gasteiger partial charge is 0.480 e. The number of nitrogens with two attached hydrogens (primary N) is 1. The number of likely N-dealkylation sites (tertiary alicyclic amines) is 2. The number of amides is 7. The number of hydrogen-bond donors (Lipinski definition) is 12. The Bertz CT molecular complexity index is 1610. The van der Waals surface area contributed by atoms with Crippen LogP contribution in [0.4, 0.5) is 0 Å². The number of aromatic amines is 1. The molecule has 3 heterocycles. The number of aliphatic hydroxyl groups is 4. The number of imidazole rings is 1. The van der Waals surface area contributed by atoms with Crippen LogP contribution in [0.1, 0.15) is 58.6 Å². The molecule has 0 spiro atoms. The van der Waals surface area contributed by atoms with E-state index in [4.69, 9.17) is 10.8 Å². The Morgan fingerprint density at radius 1 is 0.759 bits per heavy atom. The highest BCUT2D eigenvalue weighted by atomic mass is 16.4. The number of nitrogens with zero attached hydrogens (tertiary/aromatic N) is 3. The second-order valence-electron chi connectivity index (χ2n) is 14.7. The summed E-state index contributed by atoms with van der Waals surface area (Å²) in [5, 5.41) is 59.5. The van der Waals surface area contributed by atoms with Crippen LogP contribution in [0.2, 0.25) is 0 Å². The minimum atomic E-state index is -1.71. The molecule has 0 radical (unpaired) electrons. The molecule has 2 fully saturated rings. The number of carbonyl (C=O) groups is 8. The fraction of sp³-hybridized carbons (Fsp3) is 0.686. The highest BCUT2D eigenvalue weighted by molar-refractivity contribution is 5.98. The van der Waals surface area contributed by atoms with Gasteiger partial charge in [0.05, 0.1) is 32.3 Å². The van der Waals surface area contributed by atoms with Gasteiger partial charge in [0.15, 0.2) is 0 Å². The lowest BCUT2D eigenvalue weighted by atomic mass is 10.0. The van der Waals surface area contributed by atoms with Crippen molar-refractivity contribution < 1.29 is 63.9 Å². The molecule has 2 saturated heterocycles. The predicted octanol–water partition coefficient (Wildman–Crippen LogP) is -5.83. The van der Waals surface area contributed by atoms with Crippen molar-refractivity contribution in [3.63, 3.8) is 0 Å². The first kappa shape index (κ1) is 47.1. The van der Waals surface area contributed by atoms with Crippen molar-refractivity contribution >= 4 is 47.3 Å². The molecule has 0 bridgehead atoms. The third-order valence-electron chi connectivity index (χ3n) is 9.84. The van der Waals surface area contributed by atoms with Crippen molar-refractivity contribution in [3.8, 4) is 0 Å². The highest BCUT2D eigenvalue weighted by Gasteiger charge is 2.44. The average Bonchev–Trinajstić information content (AvgIpc) is 3.99. The molecule has 3 rings (SSSR count). The Morgan fingerprint density at radius 2 is 1.28 bits per heavy atom. The van der Waals surface area contributed by atoms with E-state index in [2.05, 4.69) is 31.2 Å². The minimum absolute atomic E-state index is 0.125. The number of nitrogens with one attached hydrogen (secondary N) is 6. The Labute approximate surface area is 333 Å². The summed E-state index contributed by atoms with van der Waals surface area (Å²) < 4.78 is 0. The van der Waals surface area contributed by atoms with E-state index in [1.807, 2.05) is 19.2 Å². The Morgan fingerprint density at radius 3 is 1.79 bits per heavy atom. The van der Waals surface area contributed by atoms with Crippen molar-refractivity contribution in [2.24, 2.45) is 11.7 Å². The van der Waals surface area contributed by atoms with Crippen molar-refractivity contribution in [1.82, 2.24) is 46.4 Å². The van der Waals surface area contributed by atoms with Crippen LogP contribution < -0.4 is 32.3 Å². The summed E-state index contributed by atoms with van der Waals surface area (Å²) in [5.41, 5.74) is 6.04. The smallest absolute Gasteiger partial charge is 0.328 e. The second-order valence-corrected chi connectivity index (χ2v) is 14.7. The van der Waals surface area contributed by atoms with Gasteiger partial charge in [-0.15, -0.1) is 0 Å². The van der Waals surface area contributed by atoms with E-state index < -0.39 is 122 Å². The molecule has 9 atom stereocenters. The number of aromatic nitrogens is 2. The minimum Gasteiger partial charge on any atom is -0.480 e. The summed E-state index contributed by atoms with van der Waals surface area (Å²) in [4.78, 5) is 114. The van der Waals surface area contributed by atoms with E-state index in [1.54, 1.807) is 0 Å². The van der Waals surface area contributed by atoms with Gasteiger partial charge in [-0.05, 0) is 44.9 Å². The summed E-state index contributed by atoms with van der Waals surface area (Å²) in [6.07, 6.45) is 2.73. The predicted molar refractivity (Wildman–Crippen MR) is 199 cm³/mol. The molecular weight excluding hydrogens is 768 g/mol. The maximum absolute atomic E-state index is 14.2. The first-order valence-electron chi connectivity index (χ1n) is 19.0. The van der Waals surface area contributed by atoms with Gasteiger partial charge in [-0.2, -0.15) is 0 Å². The maximum Gasteiger partial charge on any atom is 0.328 e. The standard InChI is InChI=1S/C35H56N10O13/c1-17(2)10-21(40-29(51)23(14-47)42-32(54)27(36)18(3)49)33(55)45-9-5-7-26(45)34(56)44-8-4-6-25(44)31(53)39-20(11-19-12-37-16-38-19)28(50)41-22(13-46)30(52)43-24(15-48)35(57)58/h12,16-18,20-27,46-49H,4-11,13-15,36H2,1-3H3,(H,37,38)(H,39,53)(H,40,51)(H,41,50)(H,42,54)(H,43,52)(H,57,58)/t18-,20+,21+,22+,23+,24+,25+,26+,27+/m1/s1. The average molecular weight is 825 g/mol. The summed E-state index contributed by atoms with van der Waals surface area (Å²) in [6.45, 7) is 2.45. The lowest BCUT2D eigenvalue weighted by Crippen LogP contribution is -2.60. The van der Waals surface area contributed by atoms with E-state index in [9.17, 15) is 58.8 Å². The molecule has 0 saturated carbocycles. The summed E-state index contributed by atoms with van der Waals surface area (Å²) in [7, 11) is 0. The number of H-pyrrole nitrogens is 1. The fourth-order valence-corrected chi connectivity index (χ4v) is 6.65. The van der Waals surface area contributed by atoms with E-state index >= 15 is 0 Å². The normalized spacial score (nSPS) is 20.2. The molecule has 23 heteroatoms. The van der Waals surface area contributed by atoms with Gasteiger partial charge in [0.1, 0.15) is 48.3 Å². The zero-order valence-electron chi connectivity index (χ0n) is 32.6. The van der Waals surface area contributed by atoms with Crippen molar-refractivity contribution in [1.29, 1.82) is 0 Å². The van der Waals surface area contributed by atoms with Crippen LogP contribution in [-0.4, -0.2) is 180 Å². The van der Waals surface area contributed by atoms with Crippen molar-refractivity contribution in [3.05, 3.63) is 18.2 Å². The van der Waals surface area contributed by atoms with E-state index in [-0.39, 0.29) is 44.7 Å². The maximum atomic E-state index is 14.2. The molecular formula is C35H56N10O13. The van der Waals surface area contributed by atoms with Gasteiger partial charge >= 0.3 is 5.97 Å². The zero-order valence-corrected chi connectivity index (χ0v) is 32.6. The van der Waals surface area contributed by atoms with Gasteiger partial charge < -0.3 is 72.6 Å². The number of rotatable bonds is 21. The molecule has 324 valence electrons. The number of carboxylic acid groups (broad SMARTS) is 1. The Hall–Kier alpha value is -5.23. The lowest BCUT2D eigenvalue weighted by Gasteiger charge is -2.34. The molecule has 0 aromatic carbocycles. The monoisotopic (exact) mass is 824 g/mol. The topological polar surface area (TPSA) is 359 Å². The quantitative estimate of drug-likeness (QED) is 0.0549. The summed E-state index contributed by atoms with van der Waals surface area (Å²) in [5.74, 6) is -7.37. The van der Waals surface area contributed by atoms with Gasteiger partial charge in [-0.25, -0.2) is 9.78 Å². The third-order valence-corrected chi connectivity index (χ3v) is 9.84. The highest BCUT2D eigenvalue weighted by Crippen LogP contribution is 2.26. The Kier molecular flexibility index (Phi) is 17.9. The third kappa shape index (κ3) is 12.6. The Balaban J connectivity index is 1.77. The van der Waals surface area contributed by atoms with E-state index in [0.717, 1.165) is 0 Å². The number of carboxylic acids is 1. The van der Waals surface area contributed by atoms with E-state index in [1.165, 1.54) is 29.2 Å². The fourth-order valence-electron chi connectivity index (χ4n) is 6.65. The first-order valence-corrected chi connectivity index (χ1v) is 19.0. The molecule has 0 aliphatic carbocycles. The molecule has 58 heavy (non-hydrogen) atoms. The SMILES string of the molecule is CC(C)C[C@H](NC(=O)[C@H](CO)NC(=O)[C@@H](N)[C@@H](C)O)C(=O)N1CCC[C@H]1C(=O)N1CCC[C@H]1C(=O)N[C@@H](Cc1cnc[nH]1)C(=O)N[C@@H](CO)C(=O)N[C@@H](CO)C(=O)O. The van der Waals surface area contributed by atoms with Crippen molar-refractivity contribution in [2.75, 3.05) is 32.9 Å². The van der Waals surface area contributed by atoms with Gasteiger partial charge in [0.25, 0.3) is 0 Å². The van der Waals surface area contributed by atoms with Crippen LogP contribution in [0.5, 0.6) is 0 Å². The molecule has 1 aromatic rings. The molecule has 2 aliphatic heterocycles. The summed E-state index contributed by atoms with van der Waals surface area (Å²) in [6, 6.07) is -10.9. The summed E-state index contributed by atoms with van der Waals surface area (Å²) >= 11 is 0. The number of aliphatic carboxylic acids is 1. The van der Waals surface area contributed by atoms with Gasteiger partial charge in [0, 0.05) is 31.4 Å². The molecule has 13 N–H and O–H groups in total. The second kappa shape index (κ2) is 22.1. The van der Waals surface area contributed by atoms with Crippen LogP contribution in [0.15, 0.2) is 12.5 Å². The van der Waals surface area contributed by atoms with Crippen LogP contribution in [-0.2, 0) is 44.8 Å². The molecule has 0 unspecified atom stereocenters. The molecule has 23 nitrogen and oxygen atoms in total. The molecule has 7 amide bonds. The van der Waals surface area contributed by atoms with Crippen molar-refractivity contribution in [2.45, 2.75) is 114 Å². The number of aliphatic hydroxyl groups excluding tert-OH is 4.